The number of hydrogen-bond donors (Lipinski definition) is 0. The van der Waals surface area contributed by atoms with Gasteiger partial charge in [-0.25, -0.2) is 9.97 Å². The van der Waals surface area contributed by atoms with Crippen LogP contribution in [-0.2, 0) is 22.6 Å². The van der Waals surface area contributed by atoms with Crippen LogP contribution in [0.25, 0.3) is 17.0 Å². The lowest BCUT2D eigenvalue weighted by Gasteiger charge is -2.05. The zero-order valence-corrected chi connectivity index (χ0v) is 15.9. The van der Waals surface area contributed by atoms with Gasteiger partial charge in [-0.3, -0.25) is 14.0 Å². The number of fused-ring (bicyclic) bond motifs is 1. The number of esters is 1. The zero-order valence-electron chi connectivity index (χ0n) is 15.9. The first kappa shape index (κ1) is 18.6. The van der Waals surface area contributed by atoms with E-state index in [-0.39, 0.29) is 18.6 Å². The Morgan fingerprint density at radius 1 is 1.17 bits per heavy atom. The number of rotatable bonds is 6. The third kappa shape index (κ3) is 4.40. The molecule has 0 aliphatic carbocycles. The number of aromatic nitrogens is 3. The number of nitrogens with zero attached hydrogens (tertiary/aromatic N) is 3. The molecule has 0 unspecified atom stereocenters. The van der Waals surface area contributed by atoms with Crippen LogP contribution in [0.4, 0.5) is 0 Å². The van der Waals surface area contributed by atoms with E-state index in [1.165, 1.54) is 16.0 Å². The molecule has 0 aliphatic heterocycles. The average Bonchev–Trinajstić information content (AvgIpc) is 3.20. The Labute approximate surface area is 166 Å². The number of pyridine rings is 1. The second-order valence-corrected chi connectivity index (χ2v) is 6.66. The molecule has 0 spiro atoms. The van der Waals surface area contributed by atoms with Crippen molar-refractivity contribution in [3.05, 3.63) is 88.4 Å². The summed E-state index contributed by atoms with van der Waals surface area (Å²) in [6.45, 7) is 1.96. The molecule has 0 saturated heterocycles. The molecule has 0 atom stereocenters. The summed E-state index contributed by atoms with van der Waals surface area (Å²) in [6.07, 6.45) is 3.75. The maximum absolute atomic E-state index is 12.1. The molecule has 0 bridgehead atoms. The maximum atomic E-state index is 12.1. The molecule has 7 heteroatoms. The summed E-state index contributed by atoms with van der Waals surface area (Å²) in [5, 5.41) is 0. The van der Waals surface area contributed by atoms with E-state index in [1.54, 1.807) is 30.6 Å². The molecule has 29 heavy (non-hydrogen) atoms. The summed E-state index contributed by atoms with van der Waals surface area (Å²) in [5.74, 6) is 0.726. The number of benzene rings is 1. The van der Waals surface area contributed by atoms with Gasteiger partial charge < -0.3 is 9.15 Å². The highest BCUT2D eigenvalue weighted by atomic mass is 16.5. The number of aryl methyl sites for hydroxylation is 2. The Balaban J connectivity index is 1.33. The SMILES string of the molecule is Cc1ccc(-c2cnc(CCC(=O)OCc3cc(=O)n4ccccc4n3)o2)cc1. The summed E-state index contributed by atoms with van der Waals surface area (Å²) in [5.41, 5.74) is 2.80. The molecule has 0 radical (unpaired) electrons. The first-order valence-electron chi connectivity index (χ1n) is 9.23. The average molecular weight is 389 g/mol. The minimum absolute atomic E-state index is 0.0559. The molecule has 4 aromatic rings. The first-order valence-corrected chi connectivity index (χ1v) is 9.23. The van der Waals surface area contributed by atoms with Gasteiger partial charge in [-0.15, -0.1) is 0 Å². The van der Waals surface area contributed by atoms with Crippen LogP contribution < -0.4 is 5.56 Å². The molecule has 0 N–H and O–H groups in total. The van der Waals surface area contributed by atoms with Crippen molar-refractivity contribution in [2.45, 2.75) is 26.4 Å². The van der Waals surface area contributed by atoms with Crippen molar-refractivity contribution in [2.24, 2.45) is 0 Å². The molecular weight excluding hydrogens is 370 g/mol. The van der Waals surface area contributed by atoms with Gasteiger partial charge in [0.15, 0.2) is 11.7 Å². The van der Waals surface area contributed by atoms with Gasteiger partial charge in [0.05, 0.1) is 18.3 Å². The van der Waals surface area contributed by atoms with E-state index in [9.17, 15) is 9.59 Å². The molecule has 4 rings (SSSR count). The van der Waals surface area contributed by atoms with Gasteiger partial charge >= 0.3 is 5.97 Å². The molecule has 3 heterocycles. The Morgan fingerprint density at radius 2 is 2.00 bits per heavy atom. The largest absolute Gasteiger partial charge is 0.459 e. The highest BCUT2D eigenvalue weighted by molar-refractivity contribution is 5.69. The van der Waals surface area contributed by atoms with Gasteiger partial charge in [-0.2, -0.15) is 0 Å². The smallest absolute Gasteiger partial charge is 0.306 e. The molecule has 146 valence electrons. The van der Waals surface area contributed by atoms with Gasteiger partial charge in [-0.05, 0) is 19.1 Å². The van der Waals surface area contributed by atoms with Crippen molar-refractivity contribution in [1.29, 1.82) is 0 Å². The standard InChI is InChI=1S/C22H19N3O4/c1-15-5-7-16(8-6-15)18-13-23-20(29-18)9-10-22(27)28-14-17-12-21(26)25-11-3-2-4-19(25)24-17/h2-8,11-13H,9-10,14H2,1H3. The van der Waals surface area contributed by atoms with E-state index >= 15 is 0 Å². The number of oxazole rings is 1. The Hall–Kier alpha value is -3.74. The quantitative estimate of drug-likeness (QED) is 0.470. The predicted octanol–water partition coefficient (Wildman–Crippen LogP) is 3.33. The highest BCUT2D eigenvalue weighted by Crippen LogP contribution is 2.21. The van der Waals surface area contributed by atoms with Gasteiger partial charge in [0, 0.05) is 24.2 Å². The summed E-state index contributed by atoms with van der Waals surface area (Å²) in [6, 6.07) is 14.6. The molecular formula is C22H19N3O4. The molecule has 0 saturated carbocycles. The fourth-order valence-corrected chi connectivity index (χ4v) is 2.89. The van der Waals surface area contributed by atoms with Crippen molar-refractivity contribution in [3.63, 3.8) is 0 Å². The van der Waals surface area contributed by atoms with Crippen LogP contribution in [0.2, 0.25) is 0 Å². The molecule has 1 aromatic carbocycles. The van der Waals surface area contributed by atoms with Gasteiger partial charge in [-0.1, -0.05) is 35.9 Å². The van der Waals surface area contributed by atoms with Crippen LogP contribution in [0.5, 0.6) is 0 Å². The second-order valence-electron chi connectivity index (χ2n) is 6.66. The zero-order chi connectivity index (χ0) is 20.2. The molecule has 0 amide bonds. The number of hydrogen-bond acceptors (Lipinski definition) is 6. The van der Waals surface area contributed by atoms with Crippen molar-refractivity contribution in [1.82, 2.24) is 14.4 Å². The molecule has 3 aromatic heterocycles. The van der Waals surface area contributed by atoms with Crippen molar-refractivity contribution in [3.8, 4) is 11.3 Å². The van der Waals surface area contributed by atoms with E-state index in [1.807, 2.05) is 31.2 Å². The van der Waals surface area contributed by atoms with Crippen LogP contribution in [0.15, 0.2) is 70.1 Å². The van der Waals surface area contributed by atoms with Crippen LogP contribution >= 0.6 is 0 Å². The molecule has 0 aliphatic rings. The number of carbonyl (C=O) groups excluding carboxylic acids is 1. The van der Waals surface area contributed by atoms with E-state index < -0.39 is 5.97 Å². The summed E-state index contributed by atoms with van der Waals surface area (Å²) < 4.78 is 12.4. The minimum Gasteiger partial charge on any atom is -0.459 e. The monoisotopic (exact) mass is 389 g/mol. The van der Waals surface area contributed by atoms with Crippen molar-refractivity contribution >= 4 is 11.6 Å². The first-order chi connectivity index (χ1) is 14.1. The van der Waals surface area contributed by atoms with Crippen LogP contribution in [0.3, 0.4) is 0 Å². The fraction of sp³-hybridized carbons (Fsp3) is 0.182. The van der Waals surface area contributed by atoms with Crippen molar-refractivity contribution in [2.75, 3.05) is 0 Å². The summed E-state index contributed by atoms with van der Waals surface area (Å²) in [4.78, 5) is 32.6. The molecule has 7 nitrogen and oxygen atoms in total. The van der Waals surface area contributed by atoms with Gasteiger partial charge in [0.1, 0.15) is 12.3 Å². The van der Waals surface area contributed by atoms with Crippen LogP contribution in [-0.4, -0.2) is 20.3 Å². The lowest BCUT2D eigenvalue weighted by atomic mass is 10.1. The number of ether oxygens (including phenoxy) is 1. The summed E-state index contributed by atoms with van der Waals surface area (Å²) in [7, 11) is 0. The van der Waals surface area contributed by atoms with E-state index in [4.69, 9.17) is 9.15 Å². The second kappa shape index (κ2) is 8.10. The summed E-state index contributed by atoms with van der Waals surface area (Å²) >= 11 is 0. The minimum atomic E-state index is -0.407. The highest BCUT2D eigenvalue weighted by Gasteiger charge is 2.11. The predicted molar refractivity (Wildman–Crippen MR) is 106 cm³/mol. The Bertz CT molecular complexity index is 1210. The Morgan fingerprint density at radius 3 is 2.83 bits per heavy atom. The van der Waals surface area contributed by atoms with E-state index in [0.29, 0.717) is 29.4 Å². The third-order valence-corrected chi connectivity index (χ3v) is 4.44. The van der Waals surface area contributed by atoms with Gasteiger partial charge in [0.25, 0.3) is 5.56 Å². The third-order valence-electron chi connectivity index (χ3n) is 4.44. The Kier molecular flexibility index (Phi) is 5.20. The topological polar surface area (TPSA) is 86.7 Å². The van der Waals surface area contributed by atoms with Crippen LogP contribution in [0, 0.1) is 6.92 Å². The van der Waals surface area contributed by atoms with E-state index in [0.717, 1.165) is 5.56 Å². The fourth-order valence-electron chi connectivity index (χ4n) is 2.89. The maximum Gasteiger partial charge on any atom is 0.306 e. The van der Waals surface area contributed by atoms with Gasteiger partial charge in [0.2, 0.25) is 0 Å². The molecule has 0 fully saturated rings. The van der Waals surface area contributed by atoms with Crippen molar-refractivity contribution < 1.29 is 13.9 Å². The lowest BCUT2D eigenvalue weighted by molar-refractivity contribution is -0.145. The lowest BCUT2D eigenvalue weighted by Crippen LogP contribution is -2.16. The van der Waals surface area contributed by atoms with Crippen LogP contribution in [0.1, 0.15) is 23.6 Å². The van der Waals surface area contributed by atoms with E-state index in [2.05, 4.69) is 9.97 Å². The number of carbonyl (C=O) groups is 1. The normalized spacial score (nSPS) is 10.9.